The molecule has 9 heteroatoms. The molecular weight excluding hydrogens is 606 g/mol. The number of ether oxygens (including phenoxy) is 4. The van der Waals surface area contributed by atoms with Crippen molar-refractivity contribution in [2.75, 3.05) is 13.7 Å². The van der Waals surface area contributed by atoms with Crippen LogP contribution >= 0.6 is 0 Å². The predicted octanol–water partition coefficient (Wildman–Crippen LogP) is 8.10. The summed E-state index contributed by atoms with van der Waals surface area (Å²) >= 11 is 0. The van der Waals surface area contributed by atoms with Gasteiger partial charge in [0.2, 0.25) is 0 Å². The standard InChI is InChI=1S/C39H65N3O6/c1-4-32-22-17-18-26-38(48-32)29-31-24-25-33-35(39(27-20-21-30(2)47-39)41-37(40-38)42(31)33)36(44)46-28-19-15-13-11-9-7-5-6-8-10-12-14-16-23-34(43)45-3/h17,22,30-33,35H,4-16,18-21,23-29H2,1-3H3,(H,40,41)/t30-,31+,32+,33-,35-,38+,39-/m1/s1. The van der Waals surface area contributed by atoms with Gasteiger partial charge in [0.05, 0.1) is 32.0 Å². The van der Waals surface area contributed by atoms with Gasteiger partial charge in [0.15, 0.2) is 11.7 Å². The smallest absolute Gasteiger partial charge is 0.316 e. The van der Waals surface area contributed by atoms with E-state index in [1.165, 1.54) is 64.9 Å². The summed E-state index contributed by atoms with van der Waals surface area (Å²) in [5.41, 5.74) is -1.30. The van der Waals surface area contributed by atoms with Gasteiger partial charge < -0.3 is 29.2 Å². The molecule has 5 rings (SSSR count). The first-order valence-corrected chi connectivity index (χ1v) is 19.8. The zero-order valence-corrected chi connectivity index (χ0v) is 30.4. The number of guanidine groups is 1. The molecule has 2 spiro atoms. The van der Waals surface area contributed by atoms with Gasteiger partial charge >= 0.3 is 11.9 Å². The number of methoxy groups -OCH3 is 1. The van der Waals surface area contributed by atoms with Gasteiger partial charge in [-0.2, -0.15) is 0 Å². The lowest BCUT2D eigenvalue weighted by atomic mass is 9.80. The number of hydrogen-bond acceptors (Lipinski definition) is 9. The molecule has 48 heavy (non-hydrogen) atoms. The Morgan fingerprint density at radius 1 is 0.938 bits per heavy atom. The SMILES string of the molecule is CC[C@H]1C=CCC[C@@]2(C[C@@H]3CC[C@@H]4[C@H](C(=O)OCCCCCCCCCCCCCCCC(=O)OC)[C@]5(CCC[C@@H](C)O5)N=C(N2)N34)O1. The molecule has 0 bridgehead atoms. The Bertz CT molecular complexity index is 1100. The fraction of sp³-hybridized carbons (Fsp3) is 0.872. The molecule has 9 nitrogen and oxygen atoms in total. The summed E-state index contributed by atoms with van der Waals surface area (Å²) in [6, 6.07) is 0.353. The van der Waals surface area contributed by atoms with E-state index < -0.39 is 17.4 Å². The van der Waals surface area contributed by atoms with Crippen molar-refractivity contribution in [1.82, 2.24) is 10.2 Å². The van der Waals surface area contributed by atoms with E-state index in [1.54, 1.807) is 0 Å². The Morgan fingerprint density at radius 3 is 2.29 bits per heavy atom. The zero-order valence-electron chi connectivity index (χ0n) is 30.4. The van der Waals surface area contributed by atoms with Crippen LogP contribution in [0, 0.1) is 5.92 Å². The van der Waals surface area contributed by atoms with E-state index in [0.29, 0.717) is 19.1 Å². The third-order valence-corrected chi connectivity index (χ3v) is 11.5. The van der Waals surface area contributed by atoms with Crippen molar-refractivity contribution < 1.29 is 28.5 Å². The zero-order chi connectivity index (χ0) is 33.8. The molecule has 0 aromatic carbocycles. The van der Waals surface area contributed by atoms with Crippen molar-refractivity contribution in [2.45, 2.75) is 197 Å². The van der Waals surface area contributed by atoms with E-state index in [-0.39, 0.29) is 30.2 Å². The van der Waals surface area contributed by atoms with Gasteiger partial charge in [-0.1, -0.05) is 89.7 Å². The van der Waals surface area contributed by atoms with Crippen LogP contribution in [-0.2, 0) is 28.5 Å². The number of nitrogens with zero attached hydrogens (tertiary/aromatic N) is 2. The molecule has 5 heterocycles. The third kappa shape index (κ3) is 9.55. The van der Waals surface area contributed by atoms with Crippen LogP contribution in [0.1, 0.15) is 162 Å². The molecule has 0 aliphatic carbocycles. The van der Waals surface area contributed by atoms with Crippen molar-refractivity contribution in [2.24, 2.45) is 10.9 Å². The van der Waals surface area contributed by atoms with Crippen molar-refractivity contribution in [1.29, 1.82) is 0 Å². The molecule has 272 valence electrons. The Balaban J connectivity index is 1.04. The maximum Gasteiger partial charge on any atom is 0.316 e. The normalized spacial score (nSPS) is 32.4. The molecule has 0 unspecified atom stereocenters. The van der Waals surface area contributed by atoms with Crippen molar-refractivity contribution in [3.63, 3.8) is 0 Å². The van der Waals surface area contributed by atoms with E-state index in [1.807, 2.05) is 0 Å². The van der Waals surface area contributed by atoms with Crippen LogP contribution in [0.4, 0.5) is 0 Å². The lowest BCUT2D eigenvalue weighted by Gasteiger charge is -2.55. The molecule has 7 atom stereocenters. The first kappa shape index (κ1) is 37.1. The van der Waals surface area contributed by atoms with E-state index in [9.17, 15) is 9.59 Å². The summed E-state index contributed by atoms with van der Waals surface area (Å²) in [5.74, 6) is 0.258. The predicted molar refractivity (Wildman–Crippen MR) is 188 cm³/mol. The third-order valence-electron chi connectivity index (χ3n) is 11.5. The minimum atomic E-state index is -0.872. The second-order valence-electron chi connectivity index (χ2n) is 15.2. The number of allylic oxidation sites excluding steroid dienone is 1. The van der Waals surface area contributed by atoms with Crippen molar-refractivity contribution in [3.05, 3.63) is 12.2 Å². The number of rotatable bonds is 18. The van der Waals surface area contributed by atoms with Gasteiger partial charge in [-0.05, 0) is 71.1 Å². The number of unbranched alkanes of at least 4 members (excludes halogenated alkanes) is 12. The summed E-state index contributed by atoms with van der Waals surface area (Å²) in [7, 11) is 1.46. The molecule has 0 aromatic heterocycles. The van der Waals surface area contributed by atoms with Crippen LogP contribution in [-0.4, -0.2) is 72.3 Å². The topological polar surface area (TPSA) is 98.7 Å². The fourth-order valence-electron chi connectivity index (χ4n) is 8.96. The monoisotopic (exact) mass is 671 g/mol. The summed E-state index contributed by atoms with van der Waals surface area (Å²) in [5, 5.41) is 3.80. The molecule has 5 aliphatic heterocycles. The molecule has 0 saturated carbocycles. The van der Waals surface area contributed by atoms with Crippen LogP contribution < -0.4 is 5.32 Å². The van der Waals surface area contributed by atoms with Crippen LogP contribution in [0.5, 0.6) is 0 Å². The lowest BCUT2D eigenvalue weighted by Crippen LogP contribution is -2.71. The minimum Gasteiger partial charge on any atom is -0.469 e. The molecule has 0 aromatic rings. The van der Waals surface area contributed by atoms with Gasteiger partial charge in [-0.3, -0.25) is 9.59 Å². The Morgan fingerprint density at radius 2 is 1.62 bits per heavy atom. The first-order chi connectivity index (χ1) is 23.4. The Labute approximate surface area is 290 Å². The quantitative estimate of drug-likeness (QED) is 0.0887. The average molecular weight is 672 g/mol. The molecule has 1 N–H and O–H groups in total. The largest absolute Gasteiger partial charge is 0.469 e. The molecule has 3 saturated heterocycles. The number of nitrogens with one attached hydrogen (secondary N) is 1. The minimum absolute atomic E-state index is 0.0441. The fourth-order valence-corrected chi connectivity index (χ4v) is 8.96. The summed E-state index contributed by atoms with van der Waals surface area (Å²) < 4.78 is 24.2. The number of carbonyl (C=O) groups is 2. The molecule has 3 fully saturated rings. The highest BCUT2D eigenvalue weighted by atomic mass is 16.6. The summed E-state index contributed by atoms with van der Waals surface area (Å²) in [6.45, 7) is 4.78. The van der Waals surface area contributed by atoms with E-state index >= 15 is 0 Å². The molecule has 5 aliphatic rings. The summed E-state index contributed by atoms with van der Waals surface area (Å²) in [6.07, 6.45) is 29.2. The van der Waals surface area contributed by atoms with Gasteiger partial charge in [0.25, 0.3) is 0 Å². The Hall–Kier alpha value is -2.13. The van der Waals surface area contributed by atoms with E-state index in [4.69, 9.17) is 23.9 Å². The highest BCUT2D eigenvalue weighted by molar-refractivity contribution is 5.87. The highest BCUT2D eigenvalue weighted by Crippen LogP contribution is 2.50. The molecule has 0 amide bonds. The van der Waals surface area contributed by atoms with Gasteiger partial charge in [0, 0.05) is 18.9 Å². The van der Waals surface area contributed by atoms with Gasteiger partial charge in [-0.15, -0.1) is 0 Å². The number of carbonyl (C=O) groups excluding carboxylic acids is 2. The second kappa shape index (κ2) is 18.2. The van der Waals surface area contributed by atoms with Crippen molar-refractivity contribution in [3.8, 4) is 0 Å². The number of aliphatic imine (C=N–C) groups is 1. The Kier molecular flexibility index (Phi) is 14.1. The van der Waals surface area contributed by atoms with Gasteiger partial charge in [0.1, 0.15) is 11.6 Å². The summed E-state index contributed by atoms with van der Waals surface area (Å²) in [4.78, 5) is 32.9. The lowest BCUT2D eigenvalue weighted by molar-refractivity contribution is -0.194. The van der Waals surface area contributed by atoms with Crippen LogP contribution in [0.15, 0.2) is 17.1 Å². The van der Waals surface area contributed by atoms with E-state index in [0.717, 1.165) is 89.4 Å². The van der Waals surface area contributed by atoms with Crippen molar-refractivity contribution >= 4 is 17.9 Å². The molecular formula is C39H65N3O6. The molecule has 0 radical (unpaired) electrons. The maximum absolute atomic E-state index is 14.0. The number of esters is 2. The first-order valence-electron chi connectivity index (χ1n) is 19.8. The highest BCUT2D eigenvalue weighted by Gasteiger charge is 2.62. The van der Waals surface area contributed by atoms with Gasteiger partial charge in [-0.25, -0.2) is 4.99 Å². The van der Waals surface area contributed by atoms with Crippen LogP contribution in [0.25, 0.3) is 0 Å². The maximum atomic E-state index is 14.0. The number of hydrogen-bond donors (Lipinski definition) is 1. The van der Waals surface area contributed by atoms with E-state index in [2.05, 4.69) is 36.2 Å². The second-order valence-corrected chi connectivity index (χ2v) is 15.2. The average Bonchev–Trinajstić information content (AvgIpc) is 3.38. The van der Waals surface area contributed by atoms with Crippen LogP contribution in [0.2, 0.25) is 0 Å². The van der Waals surface area contributed by atoms with Crippen LogP contribution in [0.3, 0.4) is 0 Å².